The standard InChI is InChI=1S/C22H28O3/c1-3-4-5-6-7-10-15-25-18-13-14-20(21(23)16-18)22(24)19-12-9-8-11-17(19)2/h8-9,11-14,16,23H,3-7,10,15H2,1-2H3. The van der Waals surface area contributed by atoms with Crippen LogP contribution in [-0.4, -0.2) is 17.5 Å². The number of aryl methyl sites for hydroxylation is 1. The summed E-state index contributed by atoms with van der Waals surface area (Å²) in [5, 5.41) is 10.2. The Bertz CT molecular complexity index is 691. The molecule has 3 heteroatoms. The van der Waals surface area contributed by atoms with Crippen molar-refractivity contribution in [3.8, 4) is 11.5 Å². The van der Waals surface area contributed by atoms with Gasteiger partial charge in [0.25, 0.3) is 0 Å². The molecule has 0 saturated heterocycles. The van der Waals surface area contributed by atoms with Crippen LogP contribution in [-0.2, 0) is 0 Å². The number of unbranched alkanes of at least 4 members (excludes halogenated alkanes) is 5. The molecule has 25 heavy (non-hydrogen) atoms. The van der Waals surface area contributed by atoms with E-state index in [1.54, 1.807) is 18.2 Å². The molecule has 0 aliphatic heterocycles. The first-order chi connectivity index (χ1) is 12.1. The van der Waals surface area contributed by atoms with Crippen LogP contribution in [0.3, 0.4) is 0 Å². The van der Waals surface area contributed by atoms with Gasteiger partial charge in [0.1, 0.15) is 11.5 Å². The summed E-state index contributed by atoms with van der Waals surface area (Å²) in [4.78, 5) is 12.6. The number of phenolic OH excluding ortho intramolecular Hbond substituents is 1. The van der Waals surface area contributed by atoms with Crippen molar-refractivity contribution < 1.29 is 14.6 Å². The number of carbonyl (C=O) groups excluding carboxylic acids is 1. The Morgan fingerprint density at radius 2 is 1.68 bits per heavy atom. The molecule has 0 fully saturated rings. The molecule has 0 unspecified atom stereocenters. The fourth-order valence-electron chi connectivity index (χ4n) is 2.84. The molecule has 0 atom stereocenters. The minimum atomic E-state index is -0.168. The summed E-state index contributed by atoms with van der Waals surface area (Å²) in [6.07, 6.45) is 7.25. The lowest BCUT2D eigenvalue weighted by Gasteiger charge is -2.10. The number of hydrogen-bond acceptors (Lipinski definition) is 3. The van der Waals surface area contributed by atoms with E-state index in [-0.39, 0.29) is 11.5 Å². The second-order valence-electron chi connectivity index (χ2n) is 6.44. The van der Waals surface area contributed by atoms with Crippen LogP contribution in [0.2, 0.25) is 0 Å². The molecule has 2 aromatic carbocycles. The van der Waals surface area contributed by atoms with Crippen molar-refractivity contribution in [2.24, 2.45) is 0 Å². The van der Waals surface area contributed by atoms with Gasteiger partial charge in [0.05, 0.1) is 12.2 Å². The molecule has 0 amide bonds. The van der Waals surface area contributed by atoms with Gasteiger partial charge < -0.3 is 9.84 Å². The van der Waals surface area contributed by atoms with E-state index in [0.717, 1.165) is 18.4 Å². The van der Waals surface area contributed by atoms with Crippen LogP contribution in [0.1, 0.15) is 66.9 Å². The molecular weight excluding hydrogens is 312 g/mol. The first kappa shape index (κ1) is 19.0. The maximum atomic E-state index is 12.6. The van der Waals surface area contributed by atoms with Crippen molar-refractivity contribution in [2.75, 3.05) is 6.61 Å². The number of ether oxygens (including phenoxy) is 1. The Morgan fingerprint density at radius 3 is 2.40 bits per heavy atom. The van der Waals surface area contributed by atoms with E-state index in [4.69, 9.17) is 4.74 Å². The Balaban J connectivity index is 1.90. The maximum Gasteiger partial charge on any atom is 0.197 e. The molecule has 134 valence electrons. The van der Waals surface area contributed by atoms with Gasteiger partial charge in [-0.25, -0.2) is 0 Å². The number of hydrogen-bond donors (Lipinski definition) is 1. The quantitative estimate of drug-likeness (QED) is 0.448. The Hall–Kier alpha value is -2.29. The monoisotopic (exact) mass is 340 g/mol. The van der Waals surface area contributed by atoms with Crippen LogP contribution in [0.25, 0.3) is 0 Å². The van der Waals surface area contributed by atoms with Crippen LogP contribution < -0.4 is 4.74 Å². The molecule has 0 radical (unpaired) electrons. The number of benzene rings is 2. The average molecular weight is 340 g/mol. The molecule has 2 aromatic rings. The van der Waals surface area contributed by atoms with Crippen molar-refractivity contribution in [1.29, 1.82) is 0 Å². The first-order valence-corrected chi connectivity index (χ1v) is 9.19. The Labute approximate surface area is 150 Å². The summed E-state index contributed by atoms with van der Waals surface area (Å²) >= 11 is 0. The van der Waals surface area contributed by atoms with E-state index in [1.165, 1.54) is 31.7 Å². The van der Waals surface area contributed by atoms with E-state index in [0.29, 0.717) is 23.5 Å². The molecule has 0 heterocycles. The zero-order valence-electron chi connectivity index (χ0n) is 15.3. The topological polar surface area (TPSA) is 46.5 Å². The zero-order chi connectivity index (χ0) is 18.1. The van der Waals surface area contributed by atoms with Gasteiger partial charge in [-0.2, -0.15) is 0 Å². The minimum Gasteiger partial charge on any atom is -0.507 e. The van der Waals surface area contributed by atoms with Crippen molar-refractivity contribution in [1.82, 2.24) is 0 Å². The lowest BCUT2D eigenvalue weighted by Crippen LogP contribution is -2.04. The highest BCUT2D eigenvalue weighted by Crippen LogP contribution is 2.27. The van der Waals surface area contributed by atoms with E-state index in [2.05, 4.69) is 6.92 Å². The lowest BCUT2D eigenvalue weighted by atomic mass is 9.98. The van der Waals surface area contributed by atoms with Gasteiger partial charge in [0.2, 0.25) is 0 Å². The normalized spacial score (nSPS) is 10.6. The van der Waals surface area contributed by atoms with Gasteiger partial charge in [-0.3, -0.25) is 4.79 Å². The number of aromatic hydroxyl groups is 1. The van der Waals surface area contributed by atoms with E-state index in [1.807, 2.05) is 25.1 Å². The fraction of sp³-hybridized carbons (Fsp3) is 0.409. The number of rotatable bonds is 10. The molecule has 0 aromatic heterocycles. The molecule has 0 aliphatic carbocycles. The zero-order valence-corrected chi connectivity index (χ0v) is 15.3. The van der Waals surface area contributed by atoms with Gasteiger partial charge in [0, 0.05) is 11.6 Å². The summed E-state index contributed by atoms with van der Waals surface area (Å²) in [5.74, 6) is 0.402. The second kappa shape index (κ2) is 9.87. The molecule has 0 aliphatic rings. The number of phenols is 1. The molecular formula is C22H28O3. The van der Waals surface area contributed by atoms with Crippen molar-refractivity contribution in [3.05, 3.63) is 59.2 Å². The van der Waals surface area contributed by atoms with E-state index >= 15 is 0 Å². The smallest absolute Gasteiger partial charge is 0.197 e. The number of carbonyl (C=O) groups is 1. The maximum absolute atomic E-state index is 12.6. The molecule has 0 saturated carbocycles. The van der Waals surface area contributed by atoms with Gasteiger partial charge in [-0.1, -0.05) is 63.3 Å². The highest BCUT2D eigenvalue weighted by molar-refractivity contribution is 6.11. The largest absolute Gasteiger partial charge is 0.507 e. The Morgan fingerprint density at radius 1 is 0.960 bits per heavy atom. The van der Waals surface area contributed by atoms with Crippen LogP contribution in [0.15, 0.2) is 42.5 Å². The summed E-state index contributed by atoms with van der Waals surface area (Å²) < 4.78 is 5.69. The Kier molecular flexibility index (Phi) is 7.52. The second-order valence-corrected chi connectivity index (χ2v) is 6.44. The fourth-order valence-corrected chi connectivity index (χ4v) is 2.84. The third-order valence-electron chi connectivity index (χ3n) is 4.37. The van der Waals surface area contributed by atoms with Gasteiger partial charge in [-0.15, -0.1) is 0 Å². The number of ketones is 1. The summed E-state index contributed by atoms with van der Waals surface area (Å²) in [5.41, 5.74) is 1.81. The van der Waals surface area contributed by atoms with E-state index < -0.39 is 0 Å². The highest BCUT2D eigenvalue weighted by Gasteiger charge is 2.15. The van der Waals surface area contributed by atoms with Crippen LogP contribution in [0.5, 0.6) is 11.5 Å². The average Bonchev–Trinajstić information content (AvgIpc) is 2.61. The van der Waals surface area contributed by atoms with Crippen molar-refractivity contribution >= 4 is 5.78 Å². The predicted molar refractivity (Wildman–Crippen MR) is 102 cm³/mol. The van der Waals surface area contributed by atoms with Crippen LogP contribution in [0, 0.1) is 6.92 Å². The summed E-state index contributed by atoms with van der Waals surface area (Å²) in [7, 11) is 0. The van der Waals surface area contributed by atoms with Gasteiger partial charge in [-0.05, 0) is 31.0 Å². The van der Waals surface area contributed by atoms with Gasteiger partial charge in [0.15, 0.2) is 5.78 Å². The molecule has 0 spiro atoms. The van der Waals surface area contributed by atoms with E-state index in [9.17, 15) is 9.90 Å². The van der Waals surface area contributed by atoms with Crippen molar-refractivity contribution in [2.45, 2.75) is 52.4 Å². The predicted octanol–water partition coefficient (Wildman–Crippen LogP) is 5.67. The third-order valence-corrected chi connectivity index (χ3v) is 4.37. The highest BCUT2D eigenvalue weighted by atomic mass is 16.5. The molecule has 3 nitrogen and oxygen atoms in total. The molecule has 2 rings (SSSR count). The van der Waals surface area contributed by atoms with Gasteiger partial charge >= 0.3 is 0 Å². The minimum absolute atomic E-state index is 0.0336. The first-order valence-electron chi connectivity index (χ1n) is 9.19. The van der Waals surface area contributed by atoms with Crippen LogP contribution in [0.4, 0.5) is 0 Å². The lowest BCUT2D eigenvalue weighted by molar-refractivity contribution is 0.103. The summed E-state index contributed by atoms with van der Waals surface area (Å²) in [6.45, 7) is 4.74. The SMILES string of the molecule is CCCCCCCCOc1ccc(C(=O)c2ccccc2C)c(O)c1. The molecule has 1 N–H and O–H groups in total. The summed E-state index contributed by atoms with van der Waals surface area (Å²) in [6, 6.07) is 12.3. The third kappa shape index (κ3) is 5.63. The molecule has 0 bridgehead atoms. The van der Waals surface area contributed by atoms with Crippen LogP contribution >= 0.6 is 0 Å². The van der Waals surface area contributed by atoms with Crippen molar-refractivity contribution in [3.63, 3.8) is 0 Å².